The van der Waals surface area contributed by atoms with Gasteiger partial charge in [-0.1, -0.05) is 6.07 Å². The van der Waals surface area contributed by atoms with Gasteiger partial charge < -0.3 is 20.9 Å². The lowest BCUT2D eigenvalue weighted by molar-refractivity contribution is -0.141. The molecule has 33 heavy (non-hydrogen) atoms. The fourth-order valence-electron chi connectivity index (χ4n) is 6.18. The van der Waals surface area contributed by atoms with Crippen LogP contribution in [0.4, 0.5) is 0 Å². The topological polar surface area (TPSA) is 123 Å². The first-order valence-corrected chi connectivity index (χ1v) is 11.8. The standard InChI is InChI=1S/C24H30N6O3/c1-27-22(31)15-4-6-18-14(9-15)5-7-20(18)30-17-10-21(24(30)33)28(12-17)13-19(26)23(32)29-8-2-3-16(29)11-25/h4,6,9,16-17,19-21H,2-3,5,7-8,10,12-13,26H2,1H3,(H,27,31)/t16-,17?,19-,20+,21+/m0/s1. The Morgan fingerprint density at radius 1 is 1.30 bits per heavy atom. The maximum atomic E-state index is 13.3. The molecule has 3 aliphatic heterocycles. The van der Waals surface area contributed by atoms with E-state index in [4.69, 9.17) is 5.73 Å². The number of rotatable bonds is 5. The number of amides is 3. The first-order valence-electron chi connectivity index (χ1n) is 11.8. The van der Waals surface area contributed by atoms with Crippen molar-refractivity contribution in [1.82, 2.24) is 20.0 Å². The molecule has 3 fully saturated rings. The van der Waals surface area contributed by atoms with Gasteiger partial charge in [0.1, 0.15) is 6.04 Å². The second kappa shape index (κ2) is 8.43. The van der Waals surface area contributed by atoms with Crippen molar-refractivity contribution in [2.75, 3.05) is 26.7 Å². The average molecular weight is 451 g/mol. The van der Waals surface area contributed by atoms with Gasteiger partial charge >= 0.3 is 0 Å². The van der Waals surface area contributed by atoms with E-state index in [-0.39, 0.29) is 41.9 Å². The summed E-state index contributed by atoms with van der Waals surface area (Å²) >= 11 is 0. The second-order valence-corrected chi connectivity index (χ2v) is 9.58. The van der Waals surface area contributed by atoms with Crippen molar-refractivity contribution in [3.05, 3.63) is 34.9 Å². The number of likely N-dealkylation sites (tertiary alicyclic amines) is 3. The van der Waals surface area contributed by atoms with E-state index in [9.17, 15) is 19.6 Å². The number of carbonyl (C=O) groups excluding carboxylic acids is 3. The lowest BCUT2D eigenvalue weighted by Crippen LogP contribution is -2.56. The molecule has 5 rings (SSSR count). The molecule has 1 aliphatic carbocycles. The zero-order valence-electron chi connectivity index (χ0n) is 18.9. The van der Waals surface area contributed by atoms with Gasteiger partial charge in [0.15, 0.2) is 0 Å². The predicted octanol–water partition coefficient (Wildman–Crippen LogP) is 0.160. The summed E-state index contributed by atoms with van der Waals surface area (Å²) in [5.41, 5.74) is 9.16. The van der Waals surface area contributed by atoms with E-state index in [1.165, 1.54) is 0 Å². The van der Waals surface area contributed by atoms with E-state index in [1.54, 1.807) is 11.9 Å². The Morgan fingerprint density at radius 2 is 2.12 bits per heavy atom. The molecule has 1 unspecified atom stereocenters. The Morgan fingerprint density at radius 3 is 2.85 bits per heavy atom. The van der Waals surface area contributed by atoms with Crippen LogP contribution in [-0.4, -0.2) is 83.3 Å². The molecular weight excluding hydrogens is 420 g/mol. The normalized spacial score (nSPS) is 29.3. The van der Waals surface area contributed by atoms with Crippen LogP contribution in [0.1, 0.15) is 53.2 Å². The number of nitrogens with two attached hydrogens (primary N) is 1. The molecule has 0 saturated carbocycles. The van der Waals surface area contributed by atoms with Crippen molar-refractivity contribution in [3.63, 3.8) is 0 Å². The van der Waals surface area contributed by atoms with Crippen LogP contribution < -0.4 is 11.1 Å². The number of hydrogen-bond acceptors (Lipinski definition) is 6. The highest BCUT2D eigenvalue weighted by Crippen LogP contribution is 2.44. The summed E-state index contributed by atoms with van der Waals surface area (Å²) in [6, 6.07) is 6.75. The quantitative estimate of drug-likeness (QED) is 0.659. The van der Waals surface area contributed by atoms with Crippen LogP contribution in [0.5, 0.6) is 0 Å². The van der Waals surface area contributed by atoms with Gasteiger partial charge in [0, 0.05) is 38.3 Å². The summed E-state index contributed by atoms with van der Waals surface area (Å²) in [6.07, 6.45) is 4.00. The third-order valence-corrected chi connectivity index (χ3v) is 7.76. The van der Waals surface area contributed by atoms with Crippen LogP contribution in [0.3, 0.4) is 0 Å². The Hall–Kier alpha value is -2.96. The molecule has 3 saturated heterocycles. The molecule has 1 aromatic rings. The van der Waals surface area contributed by atoms with Crippen molar-refractivity contribution in [2.45, 2.75) is 62.3 Å². The van der Waals surface area contributed by atoms with Gasteiger partial charge in [-0.3, -0.25) is 19.3 Å². The third-order valence-electron chi connectivity index (χ3n) is 7.76. The van der Waals surface area contributed by atoms with Crippen LogP contribution in [0.15, 0.2) is 18.2 Å². The highest BCUT2D eigenvalue weighted by Gasteiger charge is 2.53. The zero-order chi connectivity index (χ0) is 23.3. The lowest BCUT2D eigenvalue weighted by atomic mass is 10.0. The Labute approximate surface area is 193 Å². The van der Waals surface area contributed by atoms with E-state index in [1.807, 2.05) is 28.0 Å². The Kier molecular flexibility index (Phi) is 5.59. The van der Waals surface area contributed by atoms with Crippen LogP contribution >= 0.6 is 0 Å². The lowest BCUT2D eigenvalue weighted by Gasteiger charge is -2.38. The molecule has 3 amide bonds. The predicted molar refractivity (Wildman–Crippen MR) is 120 cm³/mol. The number of fused-ring (bicyclic) bond motifs is 3. The molecular formula is C24H30N6O3. The number of piperazine rings is 1. The van der Waals surface area contributed by atoms with E-state index in [2.05, 4.69) is 11.4 Å². The molecule has 0 spiro atoms. The molecule has 5 atom stereocenters. The largest absolute Gasteiger partial charge is 0.355 e. The molecule has 9 heteroatoms. The number of nitrogens with one attached hydrogen (secondary N) is 1. The van der Waals surface area contributed by atoms with Crippen molar-refractivity contribution in [1.29, 1.82) is 5.26 Å². The molecule has 9 nitrogen and oxygen atoms in total. The Balaban J connectivity index is 1.25. The molecule has 2 bridgehead atoms. The monoisotopic (exact) mass is 450 g/mol. The number of benzene rings is 1. The van der Waals surface area contributed by atoms with Gasteiger partial charge in [0.25, 0.3) is 5.91 Å². The minimum absolute atomic E-state index is 0.0414. The molecule has 1 aromatic carbocycles. The number of aryl methyl sites for hydroxylation is 1. The molecule has 0 aromatic heterocycles. The van der Waals surface area contributed by atoms with Crippen molar-refractivity contribution in [3.8, 4) is 6.07 Å². The van der Waals surface area contributed by atoms with Gasteiger partial charge in [-0.15, -0.1) is 0 Å². The van der Waals surface area contributed by atoms with E-state index >= 15 is 0 Å². The SMILES string of the molecule is CNC(=O)c1ccc2c(c1)CC[C@H]2N1C(=O)[C@H]2CC1CN2C[C@H](N)C(=O)N1CCC[C@H]1C#N. The molecule has 3 heterocycles. The first-order chi connectivity index (χ1) is 15.9. The molecule has 0 radical (unpaired) electrons. The van der Waals surface area contributed by atoms with Crippen LogP contribution in [-0.2, 0) is 16.0 Å². The van der Waals surface area contributed by atoms with Crippen LogP contribution in [0.2, 0.25) is 0 Å². The first kappa shape index (κ1) is 21.9. The number of carbonyl (C=O) groups is 3. The number of nitrogens with zero attached hydrogens (tertiary/aromatic N) is 4. The third kappa shape index (κ3) is 3.58. The van der Waals surface area contributed by atoms with Gasteiger partial charge in [-0.05, 0) is 55.4 Å². The van der Waals surface area contributed by atoms with Gasteiger partial charge in [0.05, 0.1) is 24.2 Å². The minimum Gasteiger partial charge on any atom is -0.355 e. The van der Waals surface area contributed by atoms with Crippen molar-refractivity contribution in [2.24, 2.45) is 5.73 Å². The zero-order valence-corrected chi connectivity index (χ0v) is 18.9. The number of nitriles is 1. The highest BCUT2D eigenvalue weighted by molar-refractivity contribution is 5.94. The Bertz CT molecular complexity index is 1040. The van der Waals surface area contributed by atoms with Gasteiger partial charge in [0.2, 0.25) is 11.8 Å². The molecule has 174 valence electrons. The smallest absolute Gasteiger partial charge is 0.251 e. The van der Waals surface area contributed by atoms with Crippen LogP contribution in [0.25, 0.3) is 0 Å². The minimum atomic E-state index is -0.727. The summed E-state index contributed by atoms with van der Waals surface area (Å²) in [4.78, 5) is 43.8. The summed E-state index contributed by atoms with van der Waals surface area (Å²) in [5.74, 6) is -0.188. The fraction of sp³-hybridized carbons (Fsp3) is 0.583. The summed E-state index contributed by atoms with van der Waals surface area (Å²) in [6.45, 7) is 1.62. The highest BCUT2D eigenvalue weighted by atomic mass is 16.2. The van der Waals surface area contributed by atoms with E-state index < -0.39 is 6.04 Å². The van der Waals surface area contributed by atoms with Gasteiger partial charge in [-0.2, -0.15) is 5.26 Å². The maximum absolute atomic E-state index is 13.3. The summed E-state index contributed by atoms with van der Waals surface area (Å²) in [5, 5.41) is 11.9. The second-order valence-electron chi connectivity index (χ2n) is 9.58. The van der Waals surface area contributed by atoms with Gasteiger partial charge in [-0.25, -0.2) is 0 Å². The summed E-state index contributed by atoms with van der Waals surface area (Å²) in [7, 11) is 1.62. The van der Waals surface area contributed by atoms with E-state index in [0.717, 1.165) is 36.8 Å². The number of hydrogen-bond donors (Lipinski definition) is 2. The molecule has 3 N–H and O–H groups in total. The van der Waals surface area contributed by atoms with E-state index in [0.29, 0.717) is 31.6 Å². The fourth-order valence-corrected chi connectivity index (χ4v) is 6.18. The summed E-state index contributed by atoms with van der Waals surface area (Å²) < 4.78 is 0. The maximum Gasteiger partial charge on any atom is 0.251 e. The van der Waals surface area contributed by atoms with Crippen molar-refractivity contribution < 1.29 is 14.4 Å². The van der Waals surface area contributed by atoms with Crippen LogP contribution in [0, 0.1) is 11.3 Å². The molecule has 4 aliphatic rings. The average Bonchev–Trinajstić information content (AvgIpc) is 3.60. The van der Waals surface area contributed by atoms with Crippen molar-refractivity contribution >= 4 is 17.7 Å².